The van der Waals surface area contributed by atoms with Crippen molar-refractivity contribution in [1.29, 1.82) is 0 Å². The third-order valence-corrected chi connectivity index (χ3v) is 4.71. The second-order valence-electron chi connectivity index (χ2n) is 3.61. The summed E-state index contributed by atoms with van der Waals surface area (Å²) < 4.78 is 29.9. The molecule has 2 aromatic rings. The molecule has 1 aromatic carbocycles. The number of benzene rings is 1. The number of hydrogen-bond acceptors (Lipinski definition) is 3. The lowest BCUT2D eigenvalue weighted by Crippen LogP contribution is -2.13. The minimum Gasteiger partial charge on any atom is -0.339 e. The van der Waals surface area contributed by atoms with Crippen molar-refractivity contribution in [2.75, 3.05) is 4.72 Å². The monoisotopic (exact) mass is 441 g/mol. The van der Waals surface area contributed by atoms with Gasteiger partial charge in [0.05, 0.1) is 12.0 Å². The van der Waals surface area contributed by atoms with Gasteiger partial charge in [0.25, 0.3) is 10.0 Å². The van der Waals surface area contributed by atoms with Crippen LogP contribution in [0.1, 0.15) is 0 Å². The number of aromatic nitrogens is 2. The summed E-state index contributed by atoms with van der Waals surface area (Å²) in [4.78, 5) is 3.83. The average Bonchev–Trinajstić information content (AvgIpc) is 2.70. The van der Waals surface area contributed by atoms with Crippen LogP contribution >= 0.6 is 38.5 Å². The molecule has 0 radical (unpaired) electrons. The third-order valence-electron chi connectivity index (χ3n) is 2.13. The summed E-state index contributed by atoms with van der Waals surface area (Å²) in [6.45, 7) is 0. The van der Waals surface area contributed by atoms with E-state index in [0.717, 1.165) is 3.57 Å². The minimum absolute atomic E-state index is 0.00421. The first-order chi connectivity index (χ1) is 8.38. The summed E-state index contributed by atoms with van der Waals surface area (Å²) in [5.41, 5.74) is 0.487. The van der Waals surface area contributed by atoms with Gasteiger partial charge in [-0.3, -0.25) is 4.72 Å². The van der Waals surface area contributed by atoms with E-state index in [0.29, 0.717) is 10.2 Å². The molecular formula is C10H9BrIN3O2S. The fraction of sp³-hybridized carbons (Fsp3) is 0.100. The molecule has 1 heterocycles. The van der Waals surface area contributed by atoms with Crippen molar-refractivity contribution in [1.82, 2.24) is 9.55 Å². The van der Waals surface area contributed by atoms with Crippen molar-refractivity contribution in [2.45, 2.75) is 5.03 Å². The molecule has 0 bridgehead atoms. The summed E-state index contributed by atoms with van der Waals surface area (Å²) in [6, 6.07) is 5.35. The quantitative estimate of drug-likeness (QED) is 0.744. The smallest absolute Gasteiger partial charge is 0.280 e. The van der Waals surface area contributed by atoms with Crippen LogP contribution in [0.15, 0.2) is 40.2 Å². The van der Waals surface area contributed by atoms with E-state index in [1.165, 1.54) is 12.5 Å². The molecule has 0 spiro atoms. The molecule has 0 unspecified atom stereocenters. The van der Waals surface area contributed by atoms with Gasteiger partial charge < -0.3 is 4.57 Å². The number of hydrogen-bond donors (Lipinski definition) is 1. The lowest BCUT2D eigenvalue weighted by molar-refractivity contribution is 0.598. The number of halogens is 2. The minimum atomic E-state index is -3.64. The van der Waals surface area contributed by atoms with Crippen molar-refractivity contribution in [3.05, 3.63) is 38.8 Å². The predicted octanol–water partition coefficient (Wildman–Crippen LogP) is 2.59. The molecule has 8 heteroatoms. The maximum atomic E-state index is 12.0. The fourth-order valence-electron chi connectivity index (χ4n) is 1.30. The molecule has 0 aliphatic heterocycles. The van der Waals surface area contributed by atoms with Crippen LogP contribution in [0.4, 0.5) is 5.69 Å². The Kier molecular flexibility index (Phi) is 3.97. The molecule has 0 saturated heterocycles. The van der Waals surface area contributed by atoms with E-state index < -0.39 is 10.0 Å². The second-order valence-corrected chi connectivity index (χ2v) is 7.34. The zero-order valence-electron chi connectivity index (χ0n) is 9.26. The highest BCUT2D eigenvalue weighted by molar-refractivity contribution is 14.1. The molecule has 0 saturated carbocycles. The molecule has 0 amide bonds. The molecule has 0 fully saturated rings. The zero-order valence-corrected chi connectivity index (χ0v) is 13.8. The second kappa shape index (κ2) is 5.17. The van der Waals surface area contributed by atoms with Gasteiger partial charge in [0.2, 0.25) is 0 Å². The zero-order chi connectivity index (χ0) is 13.3. The van der Waals surface area contributed by atoms with E-state index >= 15 is 0 Å². The van der Waals surface area contributed by atoms with Gasteiger partial charge in [0, 0.05) is 21.3 Å². The number of rotatable bonds is 3. The van der Waals surface area contributed by atoms with Gasteiger partial charge in [0.1, 0.15) is 0 Å². The highest BCUT2D eigenvalue weighted by Gasteiger charge is 2.18. The van der Waals surface area contributed by atoms with Crippen molar-refractivity contribution in [3.8, 4) is 0 Å². The third kappa shape index (κ3) is 3.04. The lowest BCUT2D eigenvalue weighted by Gasteiger charge is -2.08. The number of nitrogens with one attached hydrogen (secondary N) is 1. The van der Waals surface area contributed by atoms with Crippen molar-refractivity contribution < 1.29 is 8.42 Å². The Morgan fingerprint density at radius 2 is 2.17 bits per heavy atom. The highest BCUT2D eigenvalue weighted by atomic mass is 127. The average molecular weight is 442 g/mol. The van der Waals surface area contributed by atoms with Crippen LogP contribution in [0.2, 0.25) is 0 Å². The van der Waals surface area contributed by atoms with E-state index in [4.69, 9.17) is 0 Å². The van der Waals surface area contributed by atoms with Gasteiger partial charge in [-0.25, -0.2) is 4.98 Å². The maximum absolute atomic E-state index is 12.0. The van der Waals surface area contributed by atoms with Crippen LogP contribution in [-0.2, 0) is 17.1 Å². The van der Waals surface area contributed by atoms with Gasteiger partial charge in [-0.1, -0.05) is 0 Å². The van der Waals surface area contributed by atoms with E-state index in [1.807, 2.05) is 12.1 Å². The van der Waals surface area contributed by atoms with Gasteiger partial charge >= 0.3 is 0 Å². The standard InChI is InChI=1S/C10H9BrIN3O2S/c1-15-5-10(13-6-15)18(16,17)14-9-3-2-7(12)4-8(9)11/h2-6,14H,1H3. The van der Waals surface area contributed by atoms with E-state index in [9.17, 15) is 8.42 Å². The summed E-state index contributed by atoms with van der Waals surface area (Å²) >= 11 is 5.47. The number of imidazole rings is 1. The fourth-order valence-corrected chi connectivity index (χ4v) is 3.89. The largest absolute Gasteiger partial charge is 0.339 e. The van der Waals surface area contributed by atoms with Crippen molar-refractivity contribution in [3.63, 3.8) is 0 Å². The van der Waals surface area contributed by atoms with Gasteiger partial charge in [-0.2, -0.15) is 8.42 Å². The Morgan fingerprint density at radius 3 is 2.72 bits per heavy atom. The van der Waals surface area contributed by atoms with E-state index in [-0.39, 0.29) is 5.03 Å². The SMILES string of the molecule is Cn1cnc(S(=O)(=O)Nc2ccc(I)cc2Br)c1. The summed E-state index contributed by atoms with van der Waals surface area (Å²) in [7, 11) is -1.93. The number of aryl methyl sites for hydroxylation is 1. The maximum Gasteiger partial charge on any atom is 0.280 e. The van der Waals surface area contributed by atoms with E-state index in [1.54, 1.807) is 17.7 Å². The van der Waals surface area contributed by atoms with Crippen molar-refractivity contribution >= 4 is 54.2 Å². The first-order valence-electron chi connectivity index (χ1n) is 4.84. The normalized spacial score (nSPS) is 11.5. The molecular weight excluding hydrogens is 433 g/mol. The molecule has 0 atom stereocenters. The van der Waals surface area contributed by atoms with Gasteiger partial charge in [0.15, 0.2) is 5.03 Å². The molecule has 96 valence electrons. The Balaban J connectivity index is 2.33. The van der Waals surface area contributed by atoms with Crippen LogP contribution in [0.5, 0.6) is 0 Å². The van der Waals surface area contributed by atoms with Gasteiger partial charge in [-0.15, -0.1) is 0 Å². The molecule has 0 aliphatic rings. The van der Waals surface area contributed by atoms with Crippen LogP contribution in [0, 0.1) is 3.57 Å². The highest BCUT2D eigenvalue weighted by Crippen LogP contribution is 2.26. The molecule has 0 aliphatic carbocycles. The van der Waals surface area contributed by atoms with Crippen LogP contribution in [0.3, 0.4) is 0 Å². The van der Waals surface area contributed by atoms with Gasteiger partial charge in [-0.05, 0) is 56.7 Å². The Hall–Kier alpha value is -0.610. The molecule has 18 heavy (non-hydrogen) atoms. The predicted molar refractivity (Wildman–Crippen MR) is 80.9 cm³/mol. The first-order valence-corrected chi connectivity index (χ1v) is 8.20. The van der Waals surface area contributed by atoms with Crippen LogP contribution < -0.4 is 4.72 Å². The number of nitrogens with zero attached hydrogens (tertiary/aromatic N) is 2. The topological polar surface area (TPSA) is 64.0 Å². The molecule has 1 N–H and O–H groups in total. The molecule has 2 rings (SSSR count). The van der Waals surface area contributed by atoms with Crippen molar-refractivity contribution in [2.24, 2.45) is 7.05 Å². The van der Waals surface area contributed by atoms with Crippen LogP contribution in [-0.4, -0.2) is 18.0 Å². The lowest BCUT2D eigenvalue weighted by atomic mass is 10.3. The Bertz CT molecular complexity index is 684. The summed E-state index contributed by atoms with van der Waals surface area (Å²) in [5, 5.41) is -0.00421. The summed E-state index contributed by atoms with van der Waals surface area (Å²) in [5.74, 6) is 0. The number of sulfonamides is 1. The number of anilines is 1. The van der Waals surface area contributed by atoms with Crippen LogP contribution in [0.25, 0.3) is 0 Å². The molecule has 5 nitrogen and oxygen atoms in total. The van der Waals surface area contributed by atoms with E-state index in [2.05, 4.69) is 48.2 Å². The first kappa shape index (κ1) is 13.8. The molecule has 1 aromatic heterocycles. The Morgan fingerprint density at radius 1 is 1.44 bits per heavy atom. The summed E-state index contributed by atoms with van der Waals surface area (Å²) in [6.07, 6.45) is 2.89. The Labute approximate surface area is 127 Å².